The largest absolute Gasteiger partial charge is 0.384 e. The van der Waals surface area contributed by atoms with Crippen molar-refractivity contribution in [3.63, 3.8) is 0 Å². The molecule has 2 N–H and O–H groups in total. The van der Waals surface area contributed by atoms with Gasteiger partial charge in [-0.2, -0.15) is 0 Å². The van der Waals surface area contributed by atoms with E-state index >= 15 is 0 Å². The van der Waals surface area contributed by atoms with Crippen molar-refractivity contribution in [2.24, 2.45) is 0 Å². The number of Topliss-reactive ketones (excluding diaryl/α,β-unsaturated/α-hetero) is 1. The zero-order valence-corrected chi connectivity index (χ0v) is 6.53. The fourth-order valence-electron chi connectivity index (χ4n) is 1.26. The van der Waals surface area contributed by atoms with Crippen LogP contribution in [-0.2, 0) is 4.79 Å². The van der Waals surface area contributed by atoms with E-state index in [-0.39, 0.29) is 11.7 Å². The summed E-state index contributed by atoms with van der Waals surface area (Å²) in [7, 11) is 0. The zero-order chi connectivity index (χ0) is 8.55. The summed E-state index contributed by atoms with van der Waals surface area (Å²) in [6.45, 7) is 0. The SMILES string of the molecule is Nc1ccnc(C2CC(=O)C2)n1. The van der Waals surface area contributed by atoms with Gasteiger partial charge >= 0.3 is 0 Å². The monoisotopic (exact) mass is 163 g/mol. The normalized spacial score (nSPS) is 17.5. The van der Waals surface area contributed by atoms with Crippen LogP contribution in [0.15, 0.2) is 12.3 Å². The van der Waals surface area contributed by atoms with Gasteiger partial charge in [-0.15, -0.1) is 0 Å². The lowest BCUT2D eigenvalue weighted by molar-refractivity contribution is -0.124. The fraction of sp³-hybridized carbons (Fsp3) is 0.375. The second-order valence-corrected chi connectivity index (χ2v) is 2.98. The number of carbonyl (C=O) groups excluding carboxylic acids is 1. The van der Waals surface area contributed by atoms with Crippen LogP contribution in [0.5, 0.6) is 0 Å². The van der Waals surface area contributed by atoms with Crippen molar-refractivity contribution in [3.8, 4) is 0 Å². The van der Waals surface area contributed by atoms with Crippen molar-refractivity contribution in [1.29, 1.82) is 0 Å². The maximum Gasteiger partial charge on any atom is 0.134 e. The molecule has 0 bridgehead atoms. The van der Waals surface area contributed by atoms with E-state index in [9.17, 15) is 4.79 Å². The van der Waals surface area contributed by atoms with Crippen LogP contribution in [-0.4, -0.2) is 15.8 Å². The molecular weight excluding hydrogens is 154 g/mol. The van der Waals surface area contributed by atoms with Crippen LogP contribution < -0.4 is 5.73 Å². The van der Waals surface area contributed by atoms with Crippen LogP contribution in [0.25, 0.3) is 0 Å². The lowest BCUT2D eigenvalue weighted by atomic mass is 9.83. The van der Waals surface area contributed by atoms with Gasteiger partial charge < -0.3 is 5.73 Å². The fourth-order valence-corrected chi connectivity index (χ4v) is 1.26. The average Bonchev–Trinajstić information content (AvgIpc) is 1.99. The Hall–Kier alpha value is -1.45. The number of aromatic nitrogens is 2. The minimum Gasteiger partial charge on any atom is -0.384 e. The predicted molar refractivity (Wildman–Crippen MR) is 43.4 cm³/mol. The van der Waals surface area contributed by atoms with E-state index in [1.807, 2.05) is 0 Å². The highest BCUT2D eigenvalue weighted by molar-refractivity contribution is 5.86. The van der Waals surface area contributed by atoms with Gasteiger partial charge in [0.1, 0.15) is 17.4 Å². The van der Waals surface area contributed by atoms with Crippen LogP contribution in [0.4, 0.5) is 5.82 Å². The Labute approximate surface area is 69.8 Å². The number of nitrogens with two attached hydrogens (primary N) is 1. The molecule has 0 spiro atoms. The van der Waals surface area contributed by atoms with Crippen molar-refractivity contribution >= 4 is 11.6 Å². The summed E-state index contributed by atoms with van der Waals surface area (Å²) in [4.78, 5) is 18.8. The number of hydrogen-bond acceptors (Lipinski definition) is 4. The molecule has 1 aliphatic rings. The summed E-state index contributed by atoms with van der Waals surface area (Å²) in [6.07, 6.45) is 2.77. The van der Waals surface area contributed by atoms with Gasteiger partial charge in [0.05, 0.1) is 0 Å². The molecule has 0 radical (unpaired) electrons. The molecule has 0 atom stereocenters. The summed E-state index contributed by atoms with van der Waals surface area (Å²) in [5, 5.41) is 0. The van der Waals surface area contributed by atoms with Crippen molar-refractivity contribution in [2.45, 2.75) is 18.8 Å². The van der Waals surface area contributed by atoms with Crippen molar-refractivity contribution in [2.75, 3.05) is 5.73 Å². The molecule has 0 aliphatic heterocycles. The van der Waals surface area contributed by atoms with Gasteiger partial charge in [-0.25, -0.2) is 9.97 Å². The highest BCUT2D eigenvalue weighted by atomic mass is 16.1. The van der Waals surface area contributed by atoms with Gasteiger partial charge in [0.2, 0.25) is 0 Å². The van der Waals surface area contributed by atoms with E-state index in [4.69, 9.17) is 5.73 Å². The van der Waals surface area contributed by atoms with E-state index < -0.39 is 0 Å². The number of nitrogen functional groups attached to an aromatic ring is 1. The molecule has 1 aromatic heterocycles. The zero-order valence-electron chi connectivity index (χ0n) is 6.53. The Morgan fingerprint density at radius 1 is 1.50 bits per heavy atom. The molecule has 0 aromatic carbocycles. The quantitative estimate of drug-likeness (QED) is 0.654. The Bertz CT molecular complexity index is 316. The second kappa shape index (κ2) is 2.55. The molecule has 4 heteroatoms. The first-order chi connectivity index (χ1) is 5.75. The highest BCUT2D eigenvalue weighted by Gasteiger charge is 2.29. The molecule has 1 aliphatic carbocycles. The van der Waals surface area contributed by atoms with Crippen molar-refractivity contribution < 1.29 is 4.79 Å². The number of nitrogens with zero attached hydrogens (tertiary/aromatic N) is 2. The second-order valence-electron chi connectivity index (χ2n) is 2.98. The van der Waals surface area contributed by atoms with Gasteiger partial charge in [0, 0.05) is 25.0 Å². The lowest BCUT2D eigenvalue weighted by Crippen LogP contribution is -2.23. The Kier molecular flexibility index (Phi) is 1.53. The van der Waals surface area contributed by atoms with Crippen LogP contribution in [0.1, 0.15) is 24.6 Å². The average molecular weight is 163 g/mol. The molecule has 62 valence electrons. The van der Waals surface area contributed by atoms with E-state index in [1.54, 1.807) is 12.3 Å². The molecule has 0 amide bonds. The third-order valence-electron chi connectivity index (χ3n) is 2.01. The topological polar surface area (TPSA) is 68.9 Å². The highest BCUT2D eigenvalue weighted by Crippen LogP contribution is 2.31. The molecule has 0 unspecified atom stereocenters. The van der Waals surface area contributed by atoms with Gasteiger partial charge in [-0.05, 0) is 6.07 Å². The molecule has 12 heavy (non-hydrogen) atoms. The predicted octanol–water partition coefficient (Wildman–Crippen LogP) is 0.505. The molecule has 1 aromatic rings. The minimum absolute atomic E-state index is 0.209. The molecule has 2 rings (SSSR count). The molecule has 1 heterocycles. The molecule has 0 saturated heterocycles. The summed E-state index contributed by atoms with van der Waals surface area (Å²) in [6, 6.07) is 1.64. The van der Waals surface area contributed by atoms with Gasteiger partial charge in [0.15, 0.2) is 0 Å². The smallest absolute Gasteiger partial charge is 0.134 e. The van der Waals surface area contributed by atoms with E-state index in [1.165, 1.54) is 0 Å². The number of rotatable bonds is 1. The first kappa shape index (κ1) is 7.21. The van der Waals surface area contributed by atoms with Crippen LogP contribution in [0.3, 0.4) is 0 Å². The maximum atomic E-state index is 10.7. The van der Waals surface area contributed by atoms with Crippen molar-refractivity contribution in [3.05, 3.63) is 18.1 Å². The van der Waals surface area contributed by atoms with Gasteiger partial charge in [-0.1, -0.05) is 0 Å². The summed E-state index contributed by atoms with van der Waals surface area (Å²) < 4.78 is 0. The van der Waals surface area contributed by atoms with E-state index in [0.717, 1.165) is 0 Å². The van der Waals surface area contributed by atoms with Crippen LogP contribution >= 0.6 is 0 Å². The third kappa shape index (κ3) is 1.15. The van der Waals surface area contributed by atoms with Gasteiger partial charge in [0.25, 0.3) is 0 Å². The van der Waals surface area contributed by atoms with E-state index in [2.05, 4.69) is 9.97 Å². The summed E-state index contributed by atoms with van der Waals surface area (Å²) in [5.74, 6) is 1.67. The van der Waals surface area contributed by atoms with E-state index in [0.29, 0.717) is 24.5 Å². The minimum atomic E-state index is 0.209. The number of carbonyl (C=O) groups is 1. The first-order valence-electron chi connectivity index (χ1n) is 3.86. The Morgan fingerprint density at radius 2 is 2.25 bits per heavy atom. The molecule has 1 fully saturated rings. The molecular formula is C8H9N3O. The van der Waals surface area contributed by atoms with Crippen LogP contribution in [0, 0.1) is 0 Å². The summed E-state index contributed by atoms with van der Waals surface area (Å²) >= 11 is 0. The number of ketones is 1. The third-order valence-corrected chi connectivity index (χ3v) is 2.01. The standard InChI is InChI=1S/C8H9N3O/c9-7-1-2-10-8(11-7)5-3-6(12)4-5/h1-2,5H,3-4H2,(H2,9,10,11). The molecule has 4 nitrogen and oxygen atoms in total. The summed E-state index contributed by atoms with van der Waals surface area (Å²) in [5.41, 5.74) is 5.47. The van der Waals surface area contributed by atoms with Crippen LogP contribution in [0.2, 0.25) is 0 Å². The maximum absolute atomic E-state index is 10.7. The lowest BCUT2D eigenvalue weighted by Gasteiger charge is -2.22. The number of anilines is 1. The Morgan fingerprint density at radius 3 is 2.83 bits per heavy atom. The molecule has 1 saturated carbocycles. The Balaban J connectivity index is 2.18. The first-order valence-corrected chi connectivity index (χ1v) is 3.86. The van der Waals surface area contributed by atoms with Crippen molar-refractivity contribution in [1.82, 2.24) is 9.97 Å². The number of hydrogen-bond donors (Lipinski definition) is 1. The van der Waals surface area contributed by atoms with Gasteiger partial charge in [-0.3, -0.25) is 4.79 Å².